The molecule has 13 heteroatoms. The van der Waals surface area contributed by atoms with Crippen LogP contribution in [0.3, 0.4) is 0 Å². The summed E-state index contributed by atoms with van der Waals surface area (Å²) in [5.41, 5.74) is 6.74. The molecule has 0 unspecified atom stereocenters. The summed E-state index contributed by atoms with van der Waals surface area (Å²) < 4.78 is 23.7. The number of benzene rings is 1. The normalized spacial score (nSPS) is 14.7. The summed E-state index contributed by atoms with van der Waals surface area (Å²) in [5, 5.41) is 24.5. The van der Waals surface area contributed by atoms with Gasteiger partial charge in [0.05, 0.1) is 35.4 Å². The van der Waals surface area contributed by atoms with Crippen molar-refractivity contribution in [2.24, 2.45) is 7.05 Å². The van der Waals surface area contributed by atoms with Gasteiger partial charge in [0.15, 0.2) is 5.82 Å². The lowest BCUT2D eigenvalue weighted by Crippen LogP contribution is -2.25. The van der Waals surface area contributed by atoms with E-state index in [4.69, 9.17) is 10.5 Å². The molecule has 3 N–H and O–H groups in total. The van der Waals surface area contributed by atoms with Crippen LogP contribution in [-0.2, 0) is 13.6 Å². The smallest absolute Gasteiger partial charge is 0.371 e. The number of aromatic hydroxyl groups is 1. The number of nitrogen functional groups attached to an aromatic ring is 1. The van der Waals surface area contributed by atoms with E-state index >= 15 is 0 Å². The Bertz CT molecular complexity index is 1530. The number of hydrogen-bond donors (Lipinski definition) is 2. The van der Waals surface area contributed by atoms with E-state index in [1.807, 2.05) is 0 Å². The zero-order valence-electron chi connectivity index (χ0n) is 17.4. The Morgan fingerprint density at radius 3 is 2.91 bits per heavy atom. The van der Waals surface area contributed by atoms with Gasteiger partial charge in [0.1, 0.15) is 23.7 Å². The van der Waals surface area contributed by atoms with E-state index in [1.54, 1.807) is 14.0 Å². The van der Waals surface area contributed by atoms with Crippen LogP contribution in [-0.4, -0.2) is 39.2 Å². The number of hydrogen-bond acceptors (Lipinski definition) is 9. The van der Waals surface area contributed by atoms with Gasteiger partial charge < -0.3 is 15.6 Å². The monoisotopic (exact) mass is 449 g/mol. The summed E-state index contributed by atoms with van der Waals surface area (Å²) in [6, 6.07) is 5.25. The van der Waals surface area contributed by atoms with Crippen molar-refractivity contribution in [1.82, 2.24) is 34.1 Å². The zero-order valence-corrected chi connectivity index (χ0v) is 17.4. The number of nitrogens with two attached hydrogens (primary N) is 1. The molecular formula is C20H16FN9O3. The Morgan fingerprint density at radius 1 is 1.36 bits per heavy atom. The minimum absolute atomic E-state index is 0.00980. The maximum absolute atomic E-state index is 14.2. The molecule has 0 fully saturated rings. The lowest BCUT2D eigenvalue weighted by molar-refractivity contribution is 0.217. The van der Waals surface area contributed by atoms with Crippen LogP contribution in [0.25, 0.3) is 16.9 Å². The quantitative estimate of drug-likeness (QED) is 0.399. The minimum atomic E-state index is -0.830. The van der Waals surface area contributed by atoms with Crippen LogP contribution in [0.15, 0.2) is 29.2 Å². The van der Waals surface area contributed by atoms with E-state index in [2.05, 4.69) is 26.1 Å². The maximum Gasteiger partial charge on any atom is 0.371 e. The average molecular weight is 449 g/mol. The van der Waals surface area contributed by atoms with Gasteiger partial charge in [-0.05, 0) is 25.1 Å². The first-order chi connectivity index (χ1) is 15.8. The molecule has 3 aromatic heterocycles. The van der Waals surface area contributed by atoms with Gasteiger partial charge in [-0.25, -0.2) is 23.8 Å². The van der Waals surface area contributed by atoms with Crippen LogP contribution < -0.4 is 16.2 Å². The second kappa shape index (κ2) is 7.16. The summed E-state index contributed by atoms with van der Waals surface area (Å²) in [4.78, 5) is 24.9. The first-order valence-corrected chi connectivity index (χ1v) is 9.72. The van der Waals surface area contributed by atoms with Gasteiger partial charge in [0.2, 0.25) is 0 Å². The minimum Gasteiger partial charge on any atom is -0.479 e. The highest BCUT2D eigenvalue weighted by atomic mass is 19.1. The highest BCUT2D eigenvalue weighted by Gasteiger charge is 2.27. The van der Waals surface area contributed by atoms with Crippen LogP contribution in [0.2, 0.25) is 0 Å². The molecule has 0 aliphatic carbocycles. The van der Waals surface area contributed by atoms with Crippen molar-refractivity contribution in [1.29, 1.82) is 5.26 Å². The van der Waals surface area contributed by atoms with Crippen molar-refractivity contribution < 1.29 is 14.2 Å². The van der Waals surface area contributed by atoms with Gasteiger partial charge in [-0.1, -0.05) is 0 Å². The fourth-order valence-electron chi connectivity index (χ4n) is 3.85. The number of aryl methyl sites for hydroxylation is 1. The first kappa shape index (κ1) is 20.2. The highest BCUT2D eigenvalue weighted by molar-refractivity contribution is 5.69. The van der Waals surface area contributed by atoms with Crippen LogP contribution in [0.4, 0.5) is 10.2 Å². The average Bonchev–Trinajstić information content (AvgIpc) is 3.23. The van der Waals surface area contributed by atoms with Gasteiger partial charge >= 0.3 is 11.7 Å². The third kappa shape index (κ3) is 3.07. The molecule has 1 aromatic carbocycles. The molecule has 0 amide bonds. The third-order valence-electron chi connectivity index (χ3n) is 5.34. The first-order valence-electron chi connectivity index (χ1n) is 9.72. The molecule has 0 radical (unpaired) electrons. The van der Waals surface area contributed by atoms with E-state index in [0.29, 0.717) is 11.3 Å². The molecule has 4 aromatic rings. The molecule has 2 bridgehead atoms. The second-order valence-corrected chi connectivity index (χ2v) is 7.38. The van der Waals surface area contributed by atoms with E-state index in [9.17, 15) is 19.6 Å². The number of fused-ring (bicyclic) bond motifs is 7. The molecular weight excluding hydrogens is 433 g/mol. The molecule has 0 spiro atoms. The predicted molar refractivity (Wildman–Crippen MR) is 111 cm³/mol. The summed E-state index contributed by atoms with van der Waals surface area (Å²) in [7, 11) is 1.58. The number of ether oxygens (including phenoxy) is 1. The Kier molecular flexibility index (Phi) is 4.38. The number of nitrogens with zero attached hydrogens (tertiary/aromatic N) is 8. The molecule has 4 heterocycles. The molecule has 166 valence electrons. The number of aromatic nitrogens is 7. The molecule has 1 atom stereocenters. The van der Waals surface area contributed by atoms with Crippen molar-refractivity contribution in [3.05, 3.63) is 57.6 Å². The largest absolute Gasteiger partial charge is 0.479 e. The van der Waals surface area contributed by atoms with Crippen LogP contribution in [0, 0.1) is 17.1 Å². The van der Waals surface area contributed by atoms with Crippen molar-refractivity contribution in [3.8, 4) is 34.9 Å². The molecule has 1 aliphatic heterocycles. The van der Waals surface area contributed by atoms with Gasteiger partial charge in [-0.3, -0.25) is 4.68 Å². The van der Waals surface area contributed by atoms with E-state index in [-0.39, 0.29) is 40.9 Å². The summed E-state index contributed by atoms with van der Waals surface area (Å²) in [6.45, 7) is 1.47. The summed E-state index contributed by atoms with van der Waals surface area (Å²) in [6.07, 6.45) is 0.539. The Balaban J connectivity index is 1.89. The maximum atomic E-state index is 14.2. The second-order valence-electron chi connectivity index (χ2n) is 7.38. The molecule has 33 heavy (non-hydrogen) atoms. The van der Waals surface area contributed by atoms with E-state index in [1.165, 1.54) is 33.8 Å². The van der Waals surface area contributed by atoms with Gasteiger partial charge in [0, 0.05) is 12.6 Å². The fourth-order valence-corrected chi connectivity index (χ4v) is 3.85. The lowest BCUT2D eigenvalue weighted by Gasteiger charge is -2.21. The number of nitriles is 1. The topological polar surface area (TPSA) is 163 Å². The van der Waals surface area contributed by atoms with Crippen LogP contribution >= 0.6 is 0 Å². The Labute approximate surface area is 184 Å². The van der Waals surface area contributed by atoms with Crippen LogP contribution in [0.5, 0.6) is 11.9 Å². The fraction of sp³-hybridized carbons (Fsp3) is 0.200. The van der Waals surface area contributed by atoms with Gasteiger partial charge in [-0.15, -0.1) is 4.98 Å². The molecule has 1 aliphatic rings. The predicted octanol–water partition coefficient (Wildman–Crippen LogP) is 1.02. The van der Waals surface area contributed by atoms with Crippen molar-refractivity contribution >= 4 is 5.82 Å². The summed E-state index contributed by atoms with van der Waals surface area (Å²) in [5.74, 6) is -0.597. The van der Waals surface area contributed by atoms with Gasteiger partial charge in [-0.2, -0.15) is 15.0 Å². The number of rotatable bonds is 0. The third-order valence-corrected chi connectivity index (χ3v) is 5.34. The highest BCUT2D eigenvalue weighted by Crippen LogP contribution is 2.33. The van der Waals surface area contributed by atoms with Crippen LogP contribution in [0.1, 0.15) is 30.0 Å². The molecule has 0 saturated heterocycles. The number of halogens is 1. The molecule has 12 nitrogen and oxygen atoms in total. The van der Waals surface area contributed by atoms with Crippen molar-refractivity contribution in [2.45, 2.75) is 19.6 Å². The SMILES string of the molecule is C[C@H]1Oc2nc(cnc2N)-c2c(nn(C)c2C#N)Cn2c(O)nc(=O)n2-c2ccc(F)cc21. The Hall–Kier alpha value is -4.73. The number of anilines is 1. The van der Waals surface area contributed by atoms with E-state index in [0.717, 1.165) is 4.68 Å². The molecule has 5 rings (SSSR count). The van der Waals surface area contributed by atoms with Crippen molar-refractivity contribution in [2.75, 3.05) is 5.73 Å². The lowest BCUT2D eigenvalue weighted by atomic mass is 10.1. The standard InChI is InChI=1S/C20H16FN9O3/c1-9-11-5-10(21)3-4-14(11)30-20(32)26-19(31)29(30)8-13-16(15(6-22)28(2)27-13)12-7-24-17(23)18(25-12)33-9/h3-5,7,9H,8H2,1-2H3,(H2,23,24)(H,26,31,32)/t9-/m1/s1. The van der Waals surface area contributed by atoms with Gasteiger partial charge in [0.25, 0.3) is 5.88 Å². The Morgan fingerprint density at radius 2 is 2.15 bits per heavy atom. The molecule has 0 saturated carbocycles. The van der Waals surface area contributed by atoms with E-state index < -0.39 is 23.6 Å². The zero-order chi connectivity index (χ0) is 23.4. The summed E-state index contributed by atoms with van der Waals surface area (Å²) >= 11 is 0. The van der Waals surface area contributed by atoms with Crippen molar-refractivity contribution in [3.63, 3.8) is 0 Å².